The summed E-state index contributed by atoms with van der Waals surface area (Å²) in [6.07, 6.45) is -1.70. The number of hydrogen-bond acceptors (Lipinski definition) is 6. The van der Waals surface area contributed by atoms with E-state index >= 15 is 0 Å². The number of aliphatic hydroxyl groups excluding tert-OH is 2. The molecular weight excluding hydrogens is 204 g/mol. The molecule has 15 heavy (non-hydrogen) atoms. The van der Waals surface area contributed by atoms with Crippen molar-refractivity contribution in [2.45, 2.75) is 45.3 Å². The zero-order chi connectivity index (χ0) is 11.8. The van der Waals surface area contributed by atoms with Gasteiger partial charge in [0.15, 0.2) is 0 Å². The van der Waals surface area contributed by atoms with E-state index in [0.717, 1.165) is 0 Å². The Morgan fingerprint density at radius 2 is 1.60 bits per heavy atom. The first-order valence-electron chi connectivity index (χ1n) is 4.72. The van der Waals surface area contributed by atoms with Gasteiger partial charge in [-0.15, -0.1) is 0 Å². The molecule has 0 bridgehead atoms. The zero-order valence-corrected chi connectivity index (χ0v) is 8.80. The van der Waals surface area contributed by atoms with Crippen LogP contribution in [0.3, 0.4) is 0 Å². The van der Waals surface area contributed by atoms with Crippen molar-refractivity contribution in [2.24, 2.45) is 0 Å². The molecule has 0 heterocycles. The SMILES string of the molecule is CC[C@@H](O)CC(=O)OOC(=O)C[C@@H](C)O. The molecule has 0 radical (unpaired) electrons. The molecule has 0 fully saturated rings. The molecule has 2 atom stereocenters. The maximum absolute atomic E-state index is 10.9. The minimum atomic E-state index is -0.850. The highest BCUT2D eigenvalue weighted by Crippen LogP contribution is 2.00. The van der Waals surface area contributed by atoms with Crippen LogP contribution in [0.25, 0.3) is 0 Å². The second-order valence-corrected chi connectivity index (χ2v) is 3.23. The molecule has 0 aliphatic rings. The summed E-state index contributed by atoms with van der Waals surface area (Å²) < 4.78 is 0. The molecule has 0 aromatic rings. The predicted octanol–water partition coefficient (Wildman–Crippen LogP) is -0.0803. The summed E-state index contributed by atoms with van der Waals surface area (Å²) in [5.74, 6) is -1.65. The van der Waals surface area contributed by atoms with E-state index < -0.39 is 24.1 Å². The summed E-state index contributed by atoms with van der Waals surface area (Å²) in [5, 5.41) is 17.8. The maximum atomic E-state index is 10.9. The van der Waals surface area contributed by atoms with Crippen LogP contribution >= 0.6 is 0 Å². The van der Waals surface area contributed by atoms with Crippen LogP contribution in [0.1, 0.15) is 33.1 Å². The van der Waals surface area contributed by atoms with Crippen LogP contribution in [0.2, 0.25) is 0 Å². The van der Waals surface area contributed by atoms with Crippen molar-refractivity contribution in [3.05, 3.63) is 0 Å². The van der Waals surface area contributed by atoms with E-state index in [1.165, 1.54) is 6.92 Å². The predicted molar refractivity (Wildman–Crippen MR) is 49.4 cm³/mol. The maximum Gasteiger partial charge on any atom is 0.358 e. The number of rotatable bonds is 5. The highest BCUT2D eigenvalue weighted by atomic mass is 17.2. The summed E-state index contributed by atoms with van der Waals surface area (Å²) in [5.41, 5.74) is 0. The van der Waals surface area contributed by atoms with Crippen LogP contribution < -0.4 is 0 Å². The van der Waals surface area contributed by atoms with Gasteiger partial charge in [-0.05, 0) is 13.3 Å². The zero-order valence-electron chi connectivity index (χ0n) is 8.80. The van der Waals surface area contributed by atoms with E-state index in [2.05, 4.69) is 9.78 Å². The smallest absolute Gasteiger partial charge is 0.358 e. The largest absolute Gasteiger partial charge is 0.393 e. The molecule has 0 rings (SSSR count). The van der Waals surface area contributed by atoms with Crippen LogP contribution in [0.5, 0.6) is 0 Å². The minimum Gasteiger partial charge on any atom is -0.393 e. The summed E-state index contributed by atoms with van der Waals surface area (Å²) in [6.45, 7) is 3.11. The Hall–Kier alpha value is -1.14. The molecule has 0 saturated heterocycles. The Kier molecular flexibility index (Phi) is 6.64. The summed E-state index contributed by atoms with van der Waals surface area (Å²) in [4.78, 5) is 29.9. The van der Waals surface area contributed by atoms with Gasteiger partial charge in [0.25, 0.3) is 0 Å². The van der Waals surface area contributed by atoms with Crippen LogP contribution in [0, 0.1) is 0 Å². The number of carbonyl (C=O) groups excluding carboxylic acids is 2. The Morgan fingerprint density at radius 3 is 2.00 bits per heavy atom. The second kappa shape index (κ2) is 7.19. The van der Waals surface area contributed by atoms with E-state index in [0.29, 0.717) is 6.42 Å². The fourth-order valence-electron chi connectivity index (χ4n) is 0.739. The fourth-order valence-corrected chi connectivity index (χ4v) is 0.739. The molecular formula is C9H16O6. The lowest BCUT2D eigenvalue weighted by Gasteiger charge is -2.06. The van der Waals surface area contributed by atoms with Gasteiger partial charge in [0, 0.05) is 0 Å². The third kappa shape index (κ3) is 7.90. The van der Waals surface area contributed by atoms with Crippen LogP contribution in [-0.2, 0) is 19.4 Å². The first-order valence-corrected chi connectivity index (χ1v) is 4.72. The van der Waals surface area contributed by atoms with Crippen LogP contribution in [0.15, 0.2) is 0 Å². The van der Waals surface area contributed by atoms with E-state index in [1.807, 2.05) is 0 Å². The third-order valence-corrected chi connectivity index (χ3v) is 1.56. The lowest BCUT2D eigenvalue weighted by atomic mass is 10.2. The molecule has 0 aromatic carbocycles. The van der Waals surface area contributed by atoms with Crippen molar-refractivity contribution in [3.63, 3.8) is 0 Å². The first-order chi connectivity index (χ1) is 6.95. The van der Waals surface area contributed by atoms with E-state index in [9.17, 15) is 9.59 Å². The molecule has 0 aliphatic heterocycles. The molecule has 0 aromatic heterocycles. The number of carbonyl (C=O) groups is 2. The quantitative estimate of drug-likeness (QED) is 0.497. The number of aliphatic hydroxyl groups is 2. The minimum absolute atomic E-state index is 0.224. The Morgan fingerprint density at radius 1 is 1.13 bits per heavy atom. The van der Waals surface area contributed by atoms with Gasteiger partial charge in [0.2, 0.25) is 0 Å². The first kappa shape index (κ1) is 13.9. The van der Waals surface area contributed by atoms with Gasteiger partial charge in [-0.2, -0.15) is 0 Å². The highest BCUT2D eigenvalue weighted by molar-refractivity contribution is 5.73. The Bertz CT molecular complexity index is 213. The van der Waals surface area contributed by atoms with E-state index in [-0.39, 0.29) is 12.8 Å². The monoisotopic (exact) mass is 220 g/mol. The lowest BCUT2D eigenvalue weighted by Crippen LogP contribution is -2.19. The van der Waals surface area contributed by atoms with Crippen molar-refractivity contribution in [1.82, 2.24) is 0 Å². The molecule has 0 amide bonds. The average molecular weight is 220 g/mol. The van der Waals surface area contributed by atoms with Crippen LogP contribution in [-0.4, -0.2) is 34.4 Å². The third-order valence-electron chi connectivity index (χ3n) is 1.56. The summed E-state index contributed by atoms with van der Waals surface area (Å²) in [7, 11) is 0. The molecule has 0 spiro atoms. The van der Waals surface area contributed by atoms with Crippen molar-refractivity contribution >= 4 is 11.9 Å². The van der Waals surface area contributed by atoms with Gasteiger partial charge < -0.3 is 10.2 Å². The summed E-state index contributed by atoms with van der Waals surface area (Å²) in [6, 6.07) is 0. The summed E-state index contributed by atoms with van der Waals surface area (Å²) >= 11 is 0. The topological polar surface area (TPSA) is 93.1 Å². The van der Waals surface area contributed by atoms with E-state index in [1.54, 1.807) is 6.92 Å². The van der Waals surface area contributed by atoms with Crippen molar-refractivity contribution < 1.29 is 29.6 Å². The lowest BCUT2D eigenvalue weighted by molar-refractivity contribution is -0.261. The normalized spacial score (nSPS) is 14.1. The molecule has 88 valence electrons. The van der Waals surface area contributed by atoms with Gasteiger partial charge in [0.1, 0.15) is 0 Å². The Labute approximate surface area is 87.7 Å². The molecule has 0 unspecified atom stereocenters. The van der Waals surface area contributed by atoms with Crippen molar-refractivity contribution in [2.75, 3.05) is 0 Å². The van der Waals surface area contributed by atoms with E-state index in [4.69, 9.17) is 10.2 Å². The van der Waals surface area contributed by atoms with Crippen molar-refractivity contribution in [3.8, 4) is 0 Å². The van der Waals surface area contributed by atoms with Gasteiger partial charge >= 0.3 is 11.9 Å². The average Bonchev–Trinajstić information content (AvgIpc) is 2.13. The van der Waals surface area contributed by atoms with Gasteiger partial charge in [-0.3, -0.25) is 0 Å². The number of hydrogen-bond donors (Lipinski definition) is 2. The van der Waals surface area contributed by atoms with Crippen LogP contribution in [0.4, 0.5) is 0 Å². The van der Waals surface area contributed by atoms with Gasteiger partial charge in [-0.1, -0.05) is 6.92 Å². The highest BCUT2D eigenvalue weighted by Gasteiger charge is 2.14. The standard InChI is InChI=1S/C9H16O6/c1-3-7(11)5-9(13)15-14-8(12)4-6(2)10/h6-7,10-11H,3-5H2,1-2H3/t6-,7-/m1/s1. The molecule has 0 aliphatic carbocycles. The fraction of sp³-hybridized carbons (Fsp3) is 0.778. The molecule has 6 nitrogen and oxygen atoms in total. The molecule has 6 heteroatoms. The Balaban J connectivity index is 3.66. The van der Waals surface area contributed by atoms with Gasteiger partial charge in [-0.25, -0.2) is 19.4 Å². The molecule has 0 saturated carbocycles. The second-order valence-electron chi connectivity index (χ2n) is 3.23. The van der Waals surface area contributed by atoms with Crippen molar-refractivity contribution in [1.29, 1.82) is 0 Å². The molecule has 2 N–H and O–H groups in total. The van der Waals surface area contributed by atoms with Gasteiger partial charge in [0.05, 0.1) is 25.0 Å².